The molecule has 22 heavy (non-hydrogen) atoms. The first-order valence-electron chi connectivity index (χ1n) is 6.30. The van der Waals surface area contributed by atoms with Crippen molar-refractivity contribution in [3.05, 3.63) is 52.7 Å². The van der Waals surface area contributed by atoms with E-state index in [9.17, 15) is 14.9 Å². The molecule has 8 heteroatoms. The van der Waals surface area contributed by atoms with Crippen LogP contribution in [-0.4, -0.2) is 21.9 Å². The van der Waals surface area contributed by atoms with Gasteiger partial charge in [0.1, 0.15) is 17.7 Å². The second-order valence-corrected chi connectivity index (χ2v) is 4.35. The SMILES string of the molecule is CC(Oc1ccc(Oc2ccc([N+](=O)[O-])cn2)cc1)C(N)=O. The molecule has 0 bridgehead atoms. The third-order valence-corrected chi connectivity index (χ3v) is 2.69. The summed E-state index contributed by atoms with van der Waals surface area (Å²) in [6.45, 7) is 1.55. The monoisotopic (exact) mass is 303 g/mol. The highest BCUT2D eigenvalue weighted by atomic mass is 16.6. The van der Waals surface area contributed by atoms with E-state index in [1.807, 2.05) is 0 Å². The van der Waals surface area contributed by atoms with Crippen LogP contribution in [0.2, 0.25) is 0 Å². The van der Waals surface area contributed by atoms with Crippen molar-refractivity contribution in [2.24, 2.45) is 5.73 Å². The summed E-state index contributed by atoms with van der Waals surface area (Å²) in [5.74, 6) is 0.607. The van der Waals surface area contributed by atoms with E-state index in [0.29, 0.717) is 11.5 Å². The van der Waals surface area contributed by atoms with E-state index in [-0.39, 0.29) is 11.6 Å². The standard InChI is InChI=1S/C14H13N3O5/c1-9(14(15)18)21-11-3-5-12(6-4-11)22-13-7-2-10(8-16-13)17(19)20/h2-9H,1H3,(H2,15,18). The van der Waals surface area contributed by atoms with E-state index in [4.69, 9.17) is 15.2 Å². The van der Waals surface area contributed by atoms with Crippen LogP contribution in [0.25, 0.3) is 0 Å². The highest BCUT2D eigenvalue weighted by molar-refractivity contribution is 5.78. The number of ether oxygens (including phenoxy) is 2. The fraction of sp³-hybridized carbons (Fsp3) is 0.143. The van der Waals surface area contributed by atoms with Crippen LogP contribution in [-0.2, 0) is 4.79 Å². The fourth-order valence-electron chi connectivity index (χ4n) is 1.51. The maximum absolute atomic E-state index is 10.9. The van der Waals surface area contributed by atoms with E-state index in [0.717, 1.165) is 6.20 Å². The molecule has 1 atom stereocenters. The lowest BCUT2D eigenvalue weighted by molar-refractivity contribution is -0.385. The van der Waals surface area contributed by atoms with Crippen LogP contribution in [0.15, 0.2) is 42.6 Å². The molecule has 0 saturated heterocycles. The zero-order chi connectivity index (χ0) is 16.1. The van der Waals surface area contributed by atoms with Crippen molar-refractivity contribution in [3.63, 3.8) is 0 Å². The Kier molecular flexibility index (Phi) is 4.52. The summed E-state index contributed by atoms with van der Waals surface area (Å²) in [7, 11) is 0. The molecule has 8 nitrogen and oxygen atoms in total. The van der Waals surface area contributed by atoms with Gasteiger partial charge < -0.3 is 15.2 Å². The van der Waals surface area contributed by atoms with Crippen LogP contribution in [0.5, 0.6) is 17.4 Å². The van der Waals surface area contributed by atoms with Crippen molar-refractivity contribution in [2.45, 2.75) is 13.0 Å². The zero-order valence-electron chi connectivity index (χ0n) is 11.6. The van der Waals surface area contributed by atoms with Crippen LogP contribution >= 0.6 is 0 Å². The van der Waals surface area contributed by atoms with Gasteiger partial charge >= 0.3 is 0 Å². The topological polar surface area (TPSA) is 118 Å². The molecular weight excluding hydrogens is 290 g/mol. The number of carbonyl (C=O) groups is 1. The molecule has 0 radical (unpaired) electrons. The predicted molar refractivity (Wildman–Crippen MR) is 76.7 cm³/mol. The van der Waals surface area contributed by atoms with Gasteiger partial charge in [-0.15, -0.1) is 0 Å². The number of benzene rings is 1. The van der Waals surface area contributed by atoms with Crippen LogP contribution in [0.3, 0.4) is 0 Å². The maximum atomic E-state index is 10.9. The number of nitro groups is 1. The highest BCUT2D eigenvalue weighted by Gasteiger charge is 2.10. The molecule has 114 valence electrons. The molecule has 2 aromatic rings. The molecule has 2 rings (SSSR count). The normalized spacial score (nSPS) is 11.5. The molecule has 2 N–H and O–H groups in total. The molecule has 1 aromatic heterocycles. The van der Waals surface area contributed by atoms with E-state index in [2.05, 4.69) is 4.98 Å². The van der Waals surface area contributed by atoms with Crippen LogP contribution in [0.4, 0.5) is 5.69 Å². The molecule has 0 saturated carbocycles. The molecule has 1 amide bonds. The van der Waals surface area contributed by atoms with E-state index >= 15 is 0 Å². The third-order valence-electron chi connectivity index (χ3n) is 2.69. The summed E-state index contributed by atoms with van der Waals surface area (Å²) in [6, 6.07) is 9.16. The average molecular weight is 303 g/mol. The van der Waals surface area contributed by atoms with Gasteiger partial charge in [0, 0.05) is 12.1 Å². The van der Waals surface area contributed by atoms with Crippen LogP contribution in [0.1, 0.15) is 6.92 Å². The number of nitrogens with zero attached hydrogens (tertiary/aromatic N) is 2. The lowest BCUT2D eigenvalue weighted by Gasteiger charge is -2.11. The number of nitrogens with two attached hydrogens (primary N) is 1. The summed E-state index contributed by atoms with van der Waals surface area (Å²) in [6.07, 6.45) is 0.379. The number of hydrogen-bond acceptors (Lipinski definition) is 6. The van der Waals surface area contributed by atoms with Gasteiger partial charge in [-0.1, -0.05) is 0 Å². The van der Waals surface area contributed by atoms with Gasteiger partial charge in [-0.25, -0.2) is 4.98 Å². The van der Waals surface area contributed by atoms with Crippen molar-refractivity contribution in [3.8, 4) is 17.4 Å². The first-order chi connectivity index (χ1) is 10.5. The Morgan fingerprint density at radius 2 is 1.86 bits per heavy atom. The van der Waals surface area contributed by atoms with Crippen molar-refractivity contribution in [1.82, 2.24) is 4.98 Å². The van der Waals surface area contributed by atoms with E-state index in [1.54, 1.807) is 31.2 Å². The summed E-state index contributed by atoms with van der Waals surface area (Å²) < 4.78 is 10.7. The van der Waals surface area contributed by atoms with Gasteiger partial charge in [-0.05, 0) is 31.2 Å². The van der Waals surface area contributed by atoms with Crippen LogP contribution in [0, 0.1) is 10.1 Å². The Hall–Kier alpha value is -3.16. The fourth-order valence-corrected chi connectivity index (χ4v) is 1.51. The average Bonchev–Trinajstić information content (AvgIpc) is 2.49. The lowest BCUT2D eigenvalue weighted by Crippen LogP contribution is -2.30. The predicted octanol–water partition coefficient (Wildman–Crippen LogP) is 2.03. The van der Waals surface area contributed by atoms with Gasteiger partial charge in [0.05, 0.1) is 4.92 Å². The van der Waals surface area contributed by atoms with E-state index in [1.165, 1.54) is 12.1 Å². The molecular formula is C14H13N3O5. The number of amides is 1. The van der Waals surface area contributed by atoms with E-state index < -0.39 is 16.9 Å². The smallest absolute Gasteiger partial charge is 0.287 e. The van der Waals surface area contributed by atoms with Gasteiger partial charge in [0.25, 0.3) is 11.6 Å². The highest BCUT2D eigenvalue weighted by Crippen LogP contribution is 2.24. The summed E-state index contributed by atoms with van der Waals surface area (Å²) in [5, 5.41) is 10.5. The molecule has 0 aliphatic heterocycles. The quantitative estimate of drug-likeness (QED) is 0.644. The number of pyridine rings is 1. The number of primary amides is 1. The lowest BCUT2D eigenvalue weighted by atomic mass is 10.3. The molecule has 0 aliphatic carbocycles. The number of hydrogen-bond donors (Lipinski definition) is 1. The minimum Gasteiger partial charge on any atom is -0.481 e. The van der Waals surface area contributed by atoms with Crippen LogP contribution < -0.4 is 15.2 Å². The Bertz CT molecular complexity index is 670. The van der Waals surface area contributed by atoms with Gasteiger partial charge in [-0.2, -0.15) is 0 Å². The largest absolute Gasteiger partial charge is 0.481 e. The minimum atomic E-state index is -0.733. The summed E-state index contributed by atoms with van der Waals surface area (Å²) in [5.41, 5.74) is 4.99. The second kappa shape index (κ2) is 6.53. The summed E-state index contributed by atoms with van der Waals surface area (Å²) >= 11 is 0. The third kappa shape index (κ3) is 3.92. The Morgan fingerprint density at radius 3 is 2.36 bits per heavy atom. The van der Waals surface area contributed by atoms with Gasteiger partial charge in [-0.3, -0.25) is 14.9 Å². The number of aromatic nitrogens is 1. The zero-order valence-corrected chi connectivity index (χ0v) is 11.6. The first kappa shape index (κ1) is 15.2. The molecule has 0 spiro atoms. The Morgan fingerprint density at radius 1 is 1.23 bits per heavy atom. The molecule has 1 aromatic carbocycles. The minimum absolute atomic E-state index is 0.114. The Labute approximate surface area is 125 Å². The second-order valence-electron chi connectivity index (χ2n) is 4.35. The molecule has 0 fully saturated rings. The first-order valence-corrected chi connectivity index (χ1v) is 6.30. The van der Waals surface area contributed by atoms with Crippen molar-refractivity contribution >= 4 is 11.6 Å². The van der Waals surface area contributed by atoms with Crippen molar-refractivity contribution < 1.29 is 19.2 Å². The molecule has 1 unspecified atom stereocenters. The maximum Gasteiger partial charge on any atom is 0.287 e. The van der Waals surface area contributed by atoms with Gasteiger partial charge in [0.2, 0.25) is 5.88 Å². The number of carbonyl (C=O) groups excluding carboxylic acids is 1. The summed E-state index contributed by atoms with van der Waals surface area (Å²) in [4.78, 5) is 24.7. The van der Waals surface area contributed by atoms with Crippen molar-refractivity contribution in [1.29, 1.82) is 0 Å². The van der Waals surface area contributed by atoms with Gasteiger partial charge in [0.15, 0.2) is 6.10 Å². The molecule has 0 aliphatic rings. The molecule has 1 heterocycles. The Balaban J connectivity index is 2.01. The number of rotatable bonds is 6. The van der Waals surface area contributed by atoms with Crippen molar-refractivity contribution in [2.75, 3.05) is 0 Å².